The number of nitrogens with zero attached hydrogens (tertiary/aromatic N) is 1. The maximum Gasteiger partial charge on any atom is 0.263 e. The number of amides is 1. The first-order valence-corrected chi connectivity index (χ1v) is 10.7. The van der Waals surface area contributed by atoms with Crippen molar-refractivity contribution >= 4 is 33.2 Å². The summed E-state index contributed by atoms with van der Waals surface area (Å²) < 4.78 is 28.4. The molecule has 0 saturated heterocycles. The highest BCUT2D eigenvalue weighted by atomic mass is 35.5. The molecule has 3 rings (SSSR count). The van der Waals surface area contributed by atoms with Crippen molar-refractivity contribution in [1.82, 2.24) is 10.3 Å². The van der Waals surface area contributed by atoms with Gasteiger partial charge >= 0.3 is 0 Å². The van der Waals surface area contributed by atoms with Gasteiger partial charge in [0.1, 0.15) is 4.90 Å². The SMILES string of the molecule is Cc1cccc(NS(=O)(=O)c2cc(C(=O)NCc3cccnc3)ccc2Cl)c1C. The lowest BCUT2D eigenvalue weighted by Gasteiger charge is -2.14. The fraction of sp³-hybridized carbons (Fsp3) is 0.143. The summed E-state index contributed by atoms with van der Waals surface area (Å²) in [4.78, 5) is 16.3. The number of anilines is 1. The fourth-order valence-electron chi connectivity index (χ4n) is 2.70. The lowest BCUT2D eigenvalue weighted by Crippen LogP contribution is -2.23. The molecule has 0 aliphatic rings. The molecule has 0 spiro atoms. The van der Waals surface area contributed by atoms with Gasteiger partial charge < -0.3 is 5.32 Å². The molecular formula is C21H20ClN3O3S. The zero-order chi connectivity index (χ0) is 21.0. The largest absolute Gasteiger partial charge is 0.348 e. The molecule has 1 heterocycles. The molecule has 150 valence electrons. The van der Waals surface area contributed by atoms with Crippen LogP contribution in [-0.4, -0.2) is 19.3 Å². The number of rotatable bonds is 6. The van der Waals surface area contributed by atoms with E-state index in [1.807, 2.05) is 26.0 Å². The van der Waals surface area contributed by atoms with Crippen molar-refractivity contribution in [3.63, 3.8) is 0 Å². The summed E-state index contributed by atoms with van der Waals surface area (Å²) in [6.07, 6.45) is 3.29. The summed E-state index contributed by atoms with van der Waals surface area (Å²) in [6, 6.07) is 13.1. The lowest BCUT2D eigenvalue weighted by atomic mass is 10.1. The molecular weight excluding hydrogens is 410 g/mol. The van der Waals surface area contributed by atoms with Gasteiger partial charge in [-0.2, -0.15) is 0 Å². The first kappa shape index (κ1) is 20.8. The van der Waals surface area contributed by atoms with Gasteiger partial charge in [-0.3, -0.25) is 14.5 Å². The number of carbonyl (C=O) groups is 1. The van der Waals surface area contributed by atoms with E-state index in [1.165, 1.54) is 18.2 Å². The summed E-state index contributed by atoms with van der Waals surface area (Å²) >= 11 is 6.14. The van der Waals surface area contributed by atoms with Gasteiger partial charge in [-0.05, 0) is 60.9 Å². The standard InChI is InChI=1S/C21H20ClN3O3S/c1-14-5-3-7-19(15(14)2)25-29(27,28)20-11-17(8-9-18(20)22)21(26)24-13-16-6-4-10-23-12-16/h3-12,25H,13H2,1-2H3,(H,24,26). The highest BCUT2D eigenvalue weighted by Crippen LogP contribution is 2.27. The highest BCUT2D eigenvalue weighted by molar-refractivity contribution is 7.92. The Morgan fingerprint density at radius 1 is 1.10 bits per heavy atom. The molecule has 0 atom stereocenters. The Labute approximate surface area is 175 Å². The minimum Gasteiger partial charge on any atom is -0.348 e. The third-order valence-corrected chi connectivity index (χ3v) is 6.35. The predicted octanol–water partition coefficient (Wildman–Crippen LogP) is 4.08. The van der Waals surface area contributed by atoms with Gasteiger partial charge in [0.05, 0.1) is 10.7 Å². The van der Waals surface area contributed by atoms with Crippen LogP contribution in [0.5, 0.6) is 0 Å². The van der Waals surface area contributed by atoms with Crippen molar-refractivity contribution < 1.29 is 13.2 Å². The Hall–Kier alpha value is -2.90. The number of nitrogens with one attached hydrogen (secondary N) is 2. The van der Waals surface area contributed by atoms with E-state index < -0.39 is 15.9 Å². The van der Waals surface area contributed by atoms with Gasteiger partial charge in [-0.15, -0.1) is 0 Å². The predicted molar refractivity (Wildman–Crippen MR) is 114 cm³/mol. The molecule has 0 radical (unpaired) electrons. The molecule has 0 aliphatic heterocycles. The summed E-state index contributed by atoms with van der Waals surface area (Å²) in [5.41, 5.74) is 3.27. The molecule has 1 aromatic heterocycles. The summed E-state index contributed by atoms with van der Waals surface area (Å²) in [6.45, 7) is 4.00. The van der Waals surface area contributed by atoms with E-state index in [1.54, 1.807) is 30.6 Å². The molecule has 2 N–H and O–H groups in total. The number of hydrogen-bond donors (Lipinski definition) is 2. The second-order valence-electron chi connectivity index (χ2n) is 6.54. The topological polar surface area (TPSA) is 88.2 Å². The maximum absolute atomic E-state index is 12.9. The Balaban J connectivity index is 1.84. The smallest absolute Gasteiger partial charge is 0.263 e. The van der Waals surface area contributed by atoms with Crippen molar-refractivity contribution in [1.29, 1.82) is 0 Å². The molecule has 6 nitrogen and oxygen atoms in total. The Bertz CT molecular complexity index is 1150. The van der Waals surface area contributed by atoms with Gasteiger partial charge in [0.15, 0.2) is 0 Å². The van der Waals surface area contributed by atoms with Gasteiger partial charge in [-0.1, -0.05) is 29.8 Å². The molecule has 0 unspecified atom stereocenters. The quantitative estimate of drug-likeness (QED) is 0.617. The van der Waals surface area contributed by atoms with Gasteiger partial charge in [-0.25, -0.2) is 8.42 Å². The molecule has 2 aromatic carbocycles. The van der Waals surface area contributed by atoms with Crippen LogP contribution in [0.15, 0.2) is 65.8 Å². The van der Waals surface area contributed by atoms with Crippen molar-refractivity contribution in [2.24, 2.45) is 0 Å². The van der Waals surface area contributed by atoms with E-state index in [9.17, 15) is 13.2 Å². The molecule has 0 fully saturated rings. The summed E-state index contributed by atoms with van der Waals surface area (Å²) in [5.74, 6) is -0.409. The minimum absolute atomic E-state index is 0.0339. The van der Waals surface area contributed by atoms with Crippen LogP contribution in [0.1, 0.15) is 27.0 Å². The molecule has 3 aromatic rings. The zero-order valence-electron chi connectivity index (χ0n) is 15.9. The van der Waals surface area contributed by atoms with Gasteiger partial charge in [0.2, 0.25) is 0 Å². The van der Waals surface area contributed by atoms with Crippen LogP contribution in [0.4, 0.5) is 5.69 Å². The Morgan fingerprint density at radius 3 is 2.62 bits per heavy atom. The molecule has 0 bridgehead atoms. The first-order valence-electron chi connectivity index (χ1n) is 8.83. The Morgan fingerprint density at radius 2 is 1.90 bits per heavy atom. The van der Waals surface area contributed by atoms with Crippen LogP contribution in [-0.2, 0) is 16.6 Å². The third-order valence-electron chi connectivity index (χ3n) is 4.51. The normalized spacial score (nSPS) is 11.1. The molecule has 1 amide bonds. The lowest BCUT2D eigenvalue weighted by molar-refractivity contribution is 0.0950. The van der Waals surface area contributed by atoms with E-state index in [2.05, 4.69) is 15.0 Å². The first-order chi connectivity index (χ1) is 13.8. The van der Waals surface area contributed by atoms with E-state index in [0.717, 1.165) is 16.7 Å². The molecule has 8 heteroatoms. The van der Waals surface area contributed by atoms with Crippen LogP contribution in [0.2, 0.25) is 5.02 Å². The van der Waals surface area contributed by atoms with Crippen molar-refractivity contribution in [3.8, 4) is 0 Å². The second-order valence-corrected chi connectivity index (χ2v) is 8.60. The zero-order valence-corrected chi connectivity index (χ0v) is 17.5. The number of pyridine rings is 1. The van der Waals surface area contributed by atoms with Crippen LogP contribution in [0.3, 0.4) is 0 Å². The van der Waals surface area contributed by atoms with Crippen molar-refractivity contribution in [2.75, 3.05) is 4.72 Å². The third kappa shape index (κ3) is 4.93. The van der Waals surface area contributed by atoms with Gasteiger partial charge in [0, 0.05) is 24.5 Å². The molecule has 29 heavy (non-hydrogen) atoms. The molecule has 0 saturated carbocycles. The van der Waals surface area contributed by atoms with E-state index in [0.29, 0.717) is 5.69 Å². The highest BCUT2D eigenvalue weighted by Gasteiger charge is 2.21. The number of benzene rings is 2. The van der Waals surface area contributed by atoms with E-state index >= 15 is 0 Å². The van der Waals surface area contributed by atoms with Crippen molar-refractivity contribution in [3.05, 3.63) is 88.2 Å². The van der Waals surface area contributed by atoms with Gasteiger partial charge in [0.25, 0.3) is 15.9 Å². The number of aromatic nitrogens is 1. The Kier molecular flexibility index (Phi) is 6.20. The average Bonchev–Trinajstić information content (AvgIpc) is 2.70. The average molecular weight is 430 g/mol. The van der Waals surface area contributed by atoms with E-state index in [-0.39, 0.29) is 22.0 Å². The van der Waals surface area contributed by atoms with Crippen molar-refractivity contribution in [2.45, 2.75) is 25.3 Å². The van der Waals surface area contributed by atoms with Crippen LogP contribution in [0, 0.1) is 13.8 Å². The number of sulfonamides is 1. The van der Waals surface area contributed by atoms with Crippen LogP contribution < -0.4 is 10.0 Å². The monoisotopic (exact) mass is 429 g/mol. The van der Waals surface area contributed by atoms with Crippen LogP contribution in [0.25, 0.3) is 0 Å². The van der Waals surface area contributed by atoms with E-state index in [4.69, 9.17) is 11.6 Å². The summed E-state index contributed by atoms with van der Waals surface area (Å²) in [5, 5.41) is 2.78. The number of aryl methyl sites for hydroxylation is 1. The van der Waals surface area contributed by atoms with Crippen LogP contribution >= 0.6 is 11.6 Å². The maximum atomic E-state index is 12.9. The number of hydrogen-bond acceptors (Lipinski definition) is 4. The summed E-state index contributed by atoms with van der Waals surface area (Å²) in [7, 11) is -3.98. The number of halogens is 1. The number of carbonyl (C=O) groups excluding carboxylic acids is 1. The minimum atomic E-state index is -3.98. The second kappa shape index (κ2) is 8.63. The fourth-order valence-corrected chi connectivity index (χ4v) is 4.35. The molecule has 0 aliphatic carbocycles.